The Kier molecular flexibility index (Phi) is 7.94. The second-order valence-corrected chi connectivity index (χ2v) is 7.31. The number of benzene rings is 2. The number of ether oxygens (including phenoxy) is 2. The summed E-state index contributed by atoms with van der Waals surface area (Å²) in [4.78, 5) is 27.1. The van der Waals surface area contributed by atoms with E-state index in [0.717, 1.165) is 0 Å². The van der Waals surface area contributed by atoms with E-state index in [1.54, 1.807) is 65.6 Å². The van der Waals surface area contributed by atoms with Gasteiger partial charge >= 0.3 is 11.9 Å². The van der Waals surface area contributed by atoms with E-state index in [4.69, 9.17) is 9.47 Å². The van der Waals surface area contributed by atoms with Crippen molar-refractivity contribution in [2.75, 3.05) is 19.7 Å². The number of carbonyl (C=O) groups is 2. The number of aliphatic hydroxyl groups is 2. The molecular weight excluding hydrogens is 398 g/mol. The van der Waals surface area contributed by atoms with Crippen LogP contribution in [0.4, 0.5) is 0 Å². The molecule has 164 valence electrons. The maximum atomic E-state index is 12.7. The van der Waals surface area contributed by atoms with Crippen LogP contribution in [0.15, 0.2) is 72.8 Å². The lowest BCUT2D eigenvalue weighted by molar-refractivity contribution is -0.148. The van der Waals surface area contributed by atoms with Gasteiger partial charge in [0.1, 0.15) is 6.10 Å². The molecule has 1 saturated heterocycles. The molecule has 3 rings (SSSR count). The Morgan fingerprint density at radius 3 is 2.06 bits per heavy atom. The van der Waals surface area contributed by atoms with Crippen molar-refractivity contribution in [3.05, 3.63) is 83.9 Å². The fraction of sp³-hybridized carbons (Fsp3) is 0.333. The first kappa shape index (κ1) is 22.7. The van der Waals surface area contributed by atoms with E-state index in [1.807, 2.05) is 19.1 Å². The van der Waals surface area contributed by atoms with Crippen LogP contribution in [0.2, 0.25) is 0 Å². The minimum atomic E-state index is -1.25. The van der Waals surface area contributed by atoms with E-state index in [1.165, 1.54) is 0 Å². The van der Waals surface area contributed by atoms with Crippen LogP contribution in [0, 0.1) is 0 Å². The summed E-state index contributed by atoms with van der Waals surface area (Å²) in [5.74, 6) is -1.21. The van der Waals surface area contributed by atoms with E-state index in [9.17, 15) is 19.8 Å². The summed E-state index contributed by atoms with van der Waals surface area (Å²) in [6.07, 6.45) is 0.447. The molecule has 1 aliphatic rings. The number of esters is 2. The van der Waals surface area contributed by atoms with Gasteiger partial charge in [-0.1, -0.05) is 48.6 Å². The van der Waals surface area contributed by atoms with Crippen molar-refractivity contribution in [2.45, 2.75) is 31.3 Å². The highest BCUT2D eigenvalue weighted by Crippen LogP contribution is 2.25. The van der Waals surface area contributed by atoms with Gasteiger partial charge in [-0.05, 0) is 31.2 Å². The van der Waals surface area contributed by atoms with Gasteiger partial charge in [-0.15, -0.1) is 0 Å². The third-order valence-corrected chi connectivity index (χ3v) is 5.26. The standard InChI is InChI=1S/C24H27NO6/c1-2-3-14-25-15-20(30-23(28)17-10-6-4-7-11-17)22(21(27)19(25)16-26)31-24(29)18-12-8-5-9-13-18/h2-13,19-22,26-27H,14-16H2,1H3/b3-2+/t19-,20+,21-,22-/m1/s1. The predicted molar refractivity (Wildman–Crippen MR) is 115 cm³/mol. The van der Waals surface area contributed by atoms with E-state index in [2.05, 4.69) is 0 Å². The highest BCUT2D eigenvalue weighted by Gasteiger charge is 2.46. The number of rotatable bonds is 7. The van der Waals surface area contributed by atoms with Crippen molar-refractivity contribution in [2.24, 2.45) is 0 Å². The Hall–Kier alpha value is -3.00. The Labute approximate surface area is 181 Å². The quantitative estimate of drug-likeness (QED) is 0.518. The molecule has 0 unspecified atom stereocenters. The number of allylic oxidation sites excluding steroid dienone is 1. The molecule has 0 saturated carbocycles. The lowest BCUT2D eigenvalue weighted by Crippen LogP contribution is -2.64. The minimum Gasteiger partial charge on any atom is -0.453 e. The van der Waals surface area contributed by atoms with Crippen molar-refractivity contribution in [3.8, 4) is 0 Å². The average Bonchev–Trinajstić information content (AvgIpc) is 2.81. The van der Waals surface area contributed by atoms with Crippen LogP contribution in [0.5, 0.6) is 0 Å². The van der Waals surface area contributed by atoms with Gasteiger partial charge < -0.3 is 19.7 Å². The van der Waals surface area contributed by atoms with Gasteiger partial charge in [0, 0.05) is 13.1 Å². The Bertz CT molecular complexity index is 885. The summed E-state index contributed by atoms with van der Waals surface area (Å²) in [6.45, 7) is 2.17. The van der Waals surface area contributed by atoms with Gasteiger partial charge in [-0.2, -0.15) is 0 Å². The molecule has 0 spiro atoms. The maximum absolute atomic E-state index is 12.7. The van der Waals surface area contributed by atoms with Crippen molar-refractivity contribution in [1.29, 1.82) is 0 Å². The van der Waals surface area contributed by atoms with Gasteiger partial charge in [0.15, 0.2) is 12.2 Å². The van der Waals surface area contributed by atoms with Gasteiger partial charge in [0.05, 0.1) is 23.8 Å². The molecule has 2 N–H and O–H groups in total. The average molecular weight is 425 g/mol. The molecule has 1 aliphatic heterocycles. The van der Waals surface area contributed by atoms with Gasteiger partial charge in [-0.3, -0.25) is 4.90 Å². The van der Waals surface area contributed by atoms with Gasteiger partial charge in [-0.25, -0.2) is 9.59 Å². The monoisotopic (exact) mass is 425 g/mol. The first-order chi connectivity index (χ1) is 15.0. The summed E-state index contributed by atoms with van der Waals surface area (Å²) in [5, 5.41) is 20.8. The second kappa shape index (κ2) is 10.9. The number of piperidine rings is 1. The van der Waals surface area contributed by atoms with Crippen LogP contribution >= 0.6 is 0 Å². The van der Waals surface area contributed by atoms with Crippen molar-refractivity contribution < 1.29 is 29.3 Å². The van der Waals surface area contributed by atoms with Crippen LogP contribution in [0.1, 0.15) is 27.6 Å². The molecule has 7 heteroatoms. The third-order valence-electron chi connectivity index (χ3n) is 5.26. The minimum absolute atomic E-state index is 0.192. The number of hydrogen-bond acceptors (Lipinski definition) is 7. The SMILES string of the molecule is C/C=C/CN1C[C@H](OC(=O)c2ccccc2)[C@@H](OC(=O)c2ccccc2)[C@H](O)[C@H]1CO. The zero-order chi connectivity index (χ0) is 22.2. The highest BCUT2D eigenvalue weighted by atomic mass is 16.6. The lowest BCUT2D eigenvalue weighted by Gasteiger charge is -2.45. The summed E-state index contributed by atoms with van der Waals surface area (Å²) in [6, 6.07) is 16.2. The van der Waals surface area contributed by atoms with E-state index >= 15 is 0 Å². The van der Waals surface area contributed by atoms with E-state index < -0.39 is 36.3 Å². The molecular formula is C24H27NO6. The fourth-order valence-corrected chi connectivity index (χ4v) is 3.60. The molecule has 1 fully saturated rings. The largest absolute Gasteiger partial charge is 0.453 e. The van der Waals surface area contributed by atoms with Crippen LogP contribution in [-0.4, -0.2) is 71.1 Å². The summed E-state index contributed by atoms with van der Waals surface area (Å²) >= 11 is 0. The normalized spacial score (nSPS) is 24.1. The number of aliphatic hydroxyl groups excluding tert-OH is 2. The van der Waals surface area contributed by atoms with Crippen LogP contribution in [0.3, 0.4) is 0 Å². The molecule has 31 heavy (non-hydrogen) atoms. The van der Waals surface area contributed by atoms with Gasteiger partial charge in [0.25, 0.3) is 0 Å². The highest BCUT2D eigenvalue weighted by molar-refractivity contribution is 5.90. The molecule has 0 aliphatic carbocycles. The third kappa shape index (κ3) is 5.58. The zero-order valence-electron chi connectivity index (χ0n) is 17.3. The Morgan fingerprint density at radius 2 is 1.55 bits per heavy atom. The molecule has 0 amide bonds. The summed E-state index contributed by atoms with van der Waals surface area (Å²) in [7, 11) is 0. The van der Waals surface area contributed by atoms with Crippen LogP contribution < -0.4 is 0 Å². The first-order valence-electron chi connectivity index (χ1n) is 10.2. The summed E-state index contributed by atoms with van der Waals surface area (Å²) < 4.78 is 11.3. The second-order valence-electron chi connectivity index (χ2n) is 7.31. The predicted octanol–water partition coefficient (Wildman–Crippen LogP) is 2.05. The van der Waals surface area contributed by atoms with Crippen molar-refractivity contribution >= 4 is 11.9 Å². The number of carbonyl (C=O) groups excluding carboxylic acids is 2. The Morgan fingerprint density at radius 1 is 1.00 bits per heavy atom. The van der Waals surface area contributed by atoms with Crippen molar-refractivity contribution in [3.63, 3.8) is 0 Å². The molecule has 0 aromatic heterocycles. The first-order valence-corrected chi connectivity index (χ1v) is 10.2. The number of nitrogens with zero attached hydrogens (tertiary/aromatic N) is 1. The van der Waals surface area contributed by atoms with E-state index in [-0.39, 0.29) is 13.2 Å². The molecule has 0 bridgehead atoms. The van der Waals surface area contributed by atoms with Crippen molar-refractivity contribution in [1.82, 2.24) is 4.90 Å². The topological polar surface area (TPSA) is 96.3 Å². The van der Waals surface area contributed by atoms with E-state index in [0.29, 0.717) is 17.7 Å². The smallest absolute Gasteiger partial charge is 0.338 e. The molecule has 0 radical (unpaired) electrons. The van der Waals surface area contributed by atoms with Crippen LogP contribution in [-0.2, 0) is 9.47 Å². The molecule has 7 nitrogen and oxygen atoms in total. The lowest BCUT2D eigenvalue weighted by atomic mass is 9.93. The number of likely N-dealkylation sites (tertiary alicyclic amines) is 1. The fourth-order valence-electron chi connectivity index (χ4n) is 3.60. The molecule has 2 aromatic carbocycles. The van der Waals surface area contributed by atoms with Gasteiger partial charge in [0.2, 0.25) is 0 Å². The Balaban J connectivity index is 1.85. The molecule has 4 atom stereocenters. The number of hydrogen-bond donors (Lipinski definition) is 2. The molecule has 2 aromatic rings. The molecule has 1 heterocycles. The van der Waals surface area contributed by atoms with Crippen LogP contribution in [0.25, 0.3) is 0 Å². The maximum Gasteiger partial charge on any atom is 0.338 e. The zero-order valence-corrected chi connectivity index (χ0v) is 17.3. The summed E-state index contributed by atoms with van der Waals surface area (Å²) in [5.41, 5.74) is 0.675.